The van der Waals surface area contributed by atoms with Crippen LogP contribution in [0.15, 0.2) is 42.5 Å². The van der Waals surface area contributed by atoms with Crippen LogP contribution in [0.2, 0.25) is 0 Å². The highest BCUT2D eigenvalue weighted by Gasteiger charge is 2.16. The van der Waals surface area contributed by atoms with Gasteiger partial charge in [-0.3, -0.25) is 0 Å². The Hall–Kier alpha value is -2.53. The van der Waals surface area contributed by atoms with Crippen LogP contribution >= 0.6 is 0 Å². The van der Waals surface area contributed by atoms with E-state index in [1.807, 2.05) is 19.1 Å². The van der Waals surface area contributed by atoms with Crippen molar-refractivity contribution in [3.63, 3.8) is 0 Å². The molecule has 0 amide bonds. The predicted molar refractivity (Wildman–Crippen MR) is 97.5 cm³/mol. The van der Waals surface area contributed by atoms with Crippen molar-refractivity contribution in [1.82, 2.24) is 9.55 Å². The molecule has 0 aliphatic carbocycles. The lowest BCUT2D eigenvalue weighted by atomic mass is 10.2. The van der Waals surface area contributed by atoms with E-state index in [2.05, 4.69) is 44.8 Å². The number of nitrogen functional groups attached to an aromatic ring is 1. The van der Waals surface area contributed by atoms with Crippen LogP contribution in [-0.2, 0) is 11.3 Å². The average molecular weight is 322 g/mol. The summed E-state index contributed by atoms with van der Waals surface area (Å²) in [6.07, 6.45) is 0. The van der Waals surface area contributed by atoms with E-state index in [0.717, 1.165) is 61.1 Å². The smallest absolute Gasteiger partial charge is 0.112 e. The Bertz CT molecular complexity index is 851. The third-order valence-electron chi connectivity index (χ3n) is 4.62. The molecule has 0 unspecified atom stereocenters. The summed E-state index contributed by atoms with van der Waals surface area (Å²) in [6.45, 7) is 6.17. The van der Waals surface area contributed by atoms with E-state index in [4.69, 9.17) is 10.5 Å². The fourth-order valence-corrected chi connectivity index (χ4v) is 3.32. The summed E-state index contributed by atoms with van der Waals surface area (Å²) < 4.78 is 7.70. The van der Waals surface area contributed by atoms with Gasteiger partial charge in [0.25, 0.3) is 0 Å². The van der Waals surface area contributed by atoms with Gasteiger partial charge in [-0.05, 0) is 24.6 Å². The lowest BCUT2D eigenvalue weighted by Crippen LogP contribution is -2.36. The molecule has 124 valence electrons. The van der Waals surface area contributed by atoms with E-state index in [-0.39, 0.29) is 0 Å². The second kappa shape index (κ2) is 6.17. The Labute approximate surface area is 141 Å². The van der Waals surface area contributed by atoms with Crippen LogP contribution in [0.25, 0.3) is 11.0 Å². The van der Waals surface area contributed by atoms with Gasteiger partial charge in [-0.2, -0.15) is 0 Å². The van der Waals surface area contributed by atoms with Gasteiger partial charge >= 0.3 is 0 Å². The normalized spacial score (nSPS) is 15.1. The Morgan fingerprint density at radius 3 is 2.62 bits per heavy atom. The highest BCUT2D eigenvalue weighted by molar-refractivity contribution is 5.91. The summed E-state index contributed by atoms with van der Waals surface area (Å²) in [4.78, 5) is 7.02. The molecule has 0 saturated carbocycles. The summed E-state index contributed by atoms with van der Waals surface area (Å²) in [5, 5.41) is 0. The molecule has 2 N–H and O–H groups in total. The number of aryl methyl sites for hydroxylation is 1. The predicted octanol–water partition coefficient (Wildman–Crippen LogP) is 2.81. The van der Waals surface area contributed by atoms with Crippen molar-refractivity contribution in [3.05, 3.63) is 53.9 Å². The van der Waals surface area contributed by atoms with Crippen molar-refractivity contribution in [2.24, 2.45) is 0 Å². The van der Waals surface area contributed by atoms with E-state index in [1.54, 1.807) is 0 Å². The second-order valence-electron chi connectivity index (χ2n) is 6.23. The maximum Gasteiger partial charge on any atom is 0.112 e. The largest absolute Gasteiger partial charge is 0.397 e. The van der Waals surface area contributed by atoms with Crippen molar-refractivity contribution in [1.29, 1.82) is 0 Å². The molecule has 2 heterocycles. The van der Waals surface area contributed by atoms with Crippen molar-refractivity contribution < 1.29 is 4.74 Å². The maximum atomic E-state index is 6.31. The number of ether oxygens (including phenoxy) is 1. The number of fused-ring (bicyclic) bond motifs is 1. The summed E-state index contributed by atoms with van der Waals surface area (Å²) in [5.74, 6) is 0.986. The second-order valence-corrected chi connectivity index (χ2v) is 6.23. The van der Waals surface area contributed by atoms with Gasteiger partial charge in [0, 0.05) is 25.3 Å². The fourth-order valence-electron chi connectivity index (χ4n) is 3.32. The van der Waals surface area contributed by atoms with Gasteiger partial charge in [-0.1, -0.05) is 30.3 Å². The lowest BCUT2D eigenvalue weighted by molar-refractivity contribution is 0.122. The van der Waals surface area contributed by atoms with Crippen LogP contribution in [0.5, 0.6) is 0 Å². The SMILES string of the molecule is Cc1nc2c(N)cc(N3CCOCC3)cc2n1Cc1ccccc1. The van der Waals surface area contributed by atoms with E-state index in [1.165, 1.54) is 5.56 Å². The van der Waals surface area contributed by atoms with Gasteiger partial charge in [-0.15, -0.1) is 0 Å². The molecule has 1 aliphatic rings. The number of aromatic nitrogens is 2. The zero-order valence-electron chi connectivity index (χ0n) is 13.9. The number of nitrogens with zero attached hydrogens (tertiary/aromatic N) is 3. The highest BCUT2D eigenvalue weighted by Crippen LogP contribution is 2.29. The number of morpholine rings is 1. The van der Waals surface area contributed by atoms with Crippen LogP contribution in [0.4, 0.5) is 11.4 Å². The molecule has 2 aromatic carbocycles. The Morgan fingerprint density at radius 2 is 1.88 bits per heavy atom. The number of imidazole rings is 1. The molecule has 0 radical (unpaired) electrons. The molecule has 3 aromatic rings. The minimum Gasteiger partial charge on any atom is -0.397 e. The number of benzene rings is 2. The molecule has 0 spiro atoms. The standard InChI is InChI=1S/C19H22N4O/c1-14-21-19-17(20)11-16(22-7-9-24-10-8-22)12-18(19)23(14)13-15-5-3-2-4-6-15/h2-6,11-12H,7-10,13,20H2,1H3. The van der Waals surface area contributed by atoms with E-state index < -0.39 is 0 Å². The highest BCUT2D eigenvalue weighted by atomic mass is 16.5. The molecule has 24 heavy (non-hydrogen) atoms. The van der Waals surface area contributed by atoms with Gasteiger partial charge < -0.3 is 19.9 Å². The Morgan fingerprint density at radius 1 is 1.12 bits per heavy atom. The molecule has 1 aliphatic heterocycles. The number of hydrogen-bond donors (Lipinski definition) is 1. The number of anilines is 2. The number of hydrogen-bond acceptors (Lipinski definition) is 4. The monoisotopic (exact) mass is 322 g/mol. The Kier molecular flexibility index (Phi) is 3.86. The molecule has 4 rings (SSSR count). The topological polar surface area (TPSA) is 56.3 Å². The number of rotatable bonds is 3. The van der Waals surface area contributed by atoms with Gasteiger partial charge in [0.15, 0.2) is 0 Å². The van der Waals surface area contributed by atoms with Gasteiger partial charge in [0.1, 0.15) is 11.3 Å². The van der Waals surface area contributed by atoms with Crippen molar-refractivity contribution in [2.45, 2.75) is 13.5 Å². The summed E-state index contributed by atoms with van der Waals surface area (Å²) in [5.41, 5.74) is 11.4. The zero-order chi connectivity index (χ0) is 16.5. The van der Waals surface area contributed by atoms with Crippen molar-refractivity contribution in [2.75, 3.05) is 36.9 Å². The van der Waals surface area contributed by atoms with Crippen LogP contribution in [0, 0.1) is 6.92 Å². The molecule has 1 fully saturated rings. The third kappa shape index (κ3) is 2.71. The quantitative estimate of drug-likeness (QED) is 0.753. The molecule has 1 aromatic heterocycles. The lowest BCUT2D eigenvalue weighted by Gasteiger charge is -2.29. The maximum absolute atomic E-state index is 6.31. The molecule has 0 atom stereocenters. The minimum atomic E-state index is 0.740. The average Bonchev–Trinajstić information content (AvgIpc) is 2.93. The first-order chi connectivity index (χ1) is 11.7. The molecule has 1 saturated heterocycles. The van der Waals surface area contributed by atoms with Gasteiger partial charge in [-0.25, -0.2) is 4.98 Å². The van der Waals surface area contributed by atoms with Crippen LogP contribution < -0.4 is 10.6 Å². The first-order valence-corrected chi connectivity index (χ1v) is 8.35. The van der Waals surface area contributed by atoms with Gasteiger partial charge in [0.05, 0.1) is 24.4 Å². The summed E-state index contributed by atoms with van der Waals surface area (Å²) >= 11 is 0. The summed E-state index contributed by atoms with van der Waals surface area (Å²) in [7, 11) is 0. The molecule has 5 nitrogen and oxygen atoms in total. The van der Waals surface area contributed by atoms with E-state index in [9.17, 15) is 0 Å². The van der Waals surface area contributed by atoms with Crippen LogP contribution in [0.1, 0.15) is 11.4 Å². The molecule has 0 bridgehead atoms. The molecule has 5 heteroatoms. The zero-order valence-corrected chi connectivity index (χ0v) is 13.9. The Balaban J connectivity index is 1.78. The van der Waals surface area contributed by atoms with E-state index >= 15 is 0 Å². The minimum absolute atomic E-state index is 0.740. The fraction of sp³-hybridized carbons (Fsp3) is 0.316. The van der Waals surface area contributed by atoms with Crippen LogP contribution in [-0.4, -0.2) is 35.9 Å². The first-order valence-electron chi connectivity index (χ1n) is 8.35. The first kappa shape index (κ1) is 15.0. The van der Waals surface area contributed by atoms with Crippen molar-refractivity contribution in [3.8, 4) is 0 Å². The third-order valence-corrected chi connectivity index (χ3v) is 4.62. The van der Waals surface area contributed by atoms with Gasteiger partial charge in [0.2, 0.25) is 0 Å². The molecular formula is C19H22N4O. The summed E-state index contributed by atoms with van der Waals surface area (Å²) in [6, 6.07) is 14.7. The van der Waals surface area contributed by atoms with Crippen molar-refractivity contribution >= 4 is 22.4 Å². The van der Waals surface area contributed by atoms with E-state index in [0.29, 0.717) is 0 Å². The molecular weight excluding hydrogens is 300 g/mol. The van der Waals surface area contributed by atoms with Crippen LogP contribution in [0.3, 0.4) is 0 Å². The number of nitrogens with two attached hydrogens (primary N) is 1.